The zero-order valence-electron chi connectivity index (χ0n) is 7.74. The van der Waals surface area contributed by atoms with E-state index in [9.17, 15) is 5.11 Å². The smallest absolute Gasteiger partial charge is 0.101 e. The molecule has 0 atom stereocenters. The Kier molecular flexibility index (Phi) is 2.24. The van der Waals surface area contributed by atoms with E-state index in [0.29, 0.717) is 5.56 Å². The standard InChI is InChI=1S/C11H9NOS/c1-7-2-3-10-11(9(7)5-13)8(4-12)6-14-10/h2-3,6,13H,5H2,1H3. The number of hydrogen-bond acceptors (Lipinski definition) is 3. The van der Waals surface area contributed by atoms with Crippen LogP contribution >= 0.6 is 11.3 Å². The van der Waals surface area contributed by atoms with Crippen molar-refractivity contribution in [3.8, 4) is 6.07 Å². The molecule has 0 amide bonds. The van der Waals surface area contributed by atoms with Crippen LogP contribution in [0, 0.1) is 18.3 Å². The monoisotopic (exact) mass is 203 g/mol. The van der Waals surface area contributed by atoms with Gasteiger partial charge in [0.05, 0.1) is 12.2 Å². The van der Waals surface area contributed by atoms with Gasteiger partial charge >= 0.3 is 0 Å². The van der Waals surface area contributed by atoms with Gasteiger partial charge in [-0.2, -0.15) is 5.26 Å². The molecule has 0 spiro atoms. The van der Waals surface area contributed by atoms with Crippen LogP contribution in [0.25, 0.3) is 10.1 Å². The second kappa shape index (κ2) is 3.41. The van der Waals surface area contributed by atoms with Crippen LogP contribution in [0.2, 0.25) is 0 Å². The van der Waals surface area contributed by atoms with Gasteiger partial charge in [-0.15, -0.1) is 11.3 Å². The molecule has 0 aliphatic carbocycles. The highest BCUT2D eigenvalue weighted by molar-refractivity contribution is 7.17. The molecule has 1 aromatic heterocycles. The number of aliphatic hydroxyl groups is 1. The average molecular weight is 203 g/mol. The largest absolute Gasteiger partial charge is 0.392 e. The summed E-state index contributed by atoms with van der Waals surface area (Å²) in [6, 6.07) is 6.12. The summed E-state index contributed by atoms with van der Waals surface area (Å²) < 4.78 is 1.07. The van der Waals surface area contributed by atoms with Crippen molar-refractivity contribution in [3.63, 3.8) is 0 Å². The number of nitriles is 1. The van der Waals surface area contributed by atoms with E-state index in [4.69, 9.17) is 5.26 Å². The molecular formula is C11H9NOS. The van der Waals surface area contributed by atoms with Crippen LogP contribution < -0.4 is 0 Å². The van der Waals surface area contributed by atoms with Crippen LogP contribution in [-0.4, -0.2) is 5.11 Å². The zero-order valence-corrected chi connectivity index (χ0v) is 8.56. The summed E-state index contributed by atoms with van der Waals surface area (Å²) in [7, 11) is 0. The van der Waals surface area contributed by atoms with Crippen molar-refractivity contribution < 1.29 is 5.11 Å². The fourth-order valence-corrected chi connectivity index (χ4v) is 2.50. The van der Waals surface area contributed by atoms with Crippen LogP contribution in [-0.2, 0) is 6.61 Å². The third-order valence-corrected chi connectivity index (χ3v) is 3.31. The first-order valence-electron chi connectivity index (χ1n) is 4.28. The lowest BCUT2D eigenvalue weighted by Crippen LogP contribution is -1.90. The van der Waals surface area contributed by atoms with Gasteiger partial charge in [0.2, 0.25) is 0 Å². The summed E-state index contributed by atoms with van der Waals surface area (Å²) in [6.45, 7) is 1.94. The van der Waals surface area contributed by atoms with Crippen molar-refractivity contribution in [3.05, 3.63) is 34.2 Å². The Bertz CT molecular complexity index is 522. The molecule has 3 heteroatoms. The van der Waals surface area contributed by atoms with Crippen molar-refractivity contribution in [2.45, 2.75) is 13.5 Å². The van der Waals surface area contributed by atoms with Crippen molar-refractivity contribution in [1.29, 1.82) is 5.26 Å². The predicted molar refractivity (Wildman–Crippen MR) is 57.2 cm³/mol. The van der Waals surface area contributed by atoms with Gasteiger partial charge in [0.25, 0.3) is 0 Å². The quantitative estimate of drug-likeness (QED) is 0.774. The topological polar surface area (TPSA) is 44.0 Å². The maximum atomic E-state index is 9.25. The molecule has 0 unspecified atom stereocenters. The third kappa shape index (κ3) is 1.20. The van der Waals surface area contributed by atoms with Gasteiger partial charge in [0, 0.05) is 15.5 Å². The fraction of sp³-hybridized carbons (Fsp3) is 0.182. The van der Waals surface area contributed by atoms with Crippen LogP contribution in [0.4, 0.5) is 0 Å². The number of aryl methyl sites for hydroxylation is 1. The van der Waals surface area contributed by atoms with Crippen molar-refractivity contribution in [1.82, 2.24) is 0 Å². The van der Waals surface area contributed by atoms with E-state index in [1.807, 2.05) is 24.4 Å². The summed E-state index contributed by atoms with van der Waals surface area (Å²) in [5.41, 5.74) is 2.58. The van der Waals surface area contributed by atoms with Gasteiger partial charge < -0.3 is 5.11 Å². The zero-order chi connectivity index (χ0) is 10.1. The van der Waals surface area contributed by atoms with Crippen molar-refractivity contribution in [2.24, 2.45) is 0 Å². The number of hydrogen-bond donors (Lipinski definition) is 1. The molecule has 14 heavy (non-hydrogen) atoms. The molecule has 0 radical (unpaired) electrons. The normalized spacial score (nSPS) is 10.4. The first kappa shape index (κ1) is 9.20. The number of aliphatic hydroxyl groups excluding tert-OH is 1. The highest BCUT2D eigenvalue weighted by Gasteiger charge is 2.09. The molecule has 2 nitrogen and oxygen atoms in total. The molecule has 2 aromatic rings. The van der Waals surface area contributed by atoms with E-state index in [1.165, 1.54) is 0 Å². The minimum absolute atomic E-state index is 0.00537. The minimum atomic E-state index is -0.00537. The van der Waals surface area contributed by atoms with E-state index in [1.54, 1.807) is 11.3 Å². The molecule has 1 aromatic carbocycles. The van der Waals surface area contributed by atoms with Crippen LogP contribution in [0.1, 0.15) is 16.7 Å². The number of rotatable bonds is 1. The lowest BCUT2D eigenvalue weighted by molar-refractivity contribution is 0.282. The van der Waals surface area contributed by atoms with Gasteiger partial charge in [-0.25, -0.2) is 0 Å². The van der Waals surface area contributed by atoms with E-state index < -0.39 is 0 Å². The number of fused-ring (bicyclic) bond motifs is 1. The Hall–Kier alpha value is -1.37. The molecule has 1 heterocycles. The van der Waals surface area contributed by atoms with E-state index in [0.717, 1.165) is 21.2 Å². The summed E-state index contributed by atoms with van der Waals surface area (Å²) in [4.78, 5) is 0. The average Bonchev–Trinajstić information content (AvgIpc) is 2.61. The second-order valence-electron chi connectivity index (χ2n) is 3.15. The van der Waals surface area contributed by atoms with Crippen molar-refractivity contribution >= 4 is 21.4 Å². The predicted octanol–water partition coefficient (Wildman–Crippen LogP) is 2.57. The van der Waals surface area contributed by atoms with E-state index in [2.05, 4.69) is 6.07 Å². The fourth-order valence-electron chi connectivity index (χ4n) is 1.59. The molecule has 2 rings (SSSR count). The van der Waals surface area contributed by atoms with Gasteiger partial charge in [0.1, 0.15) is 6.07 Å². The Balaban J connectivity index is 2.90. The Morgan fingerprint density at radius 3 is 2.93 bits per heavy atom. The van der Waals surface area contributed by atoms with Crippen LogP contribution in [0.15, 0.2) is 17.5 Å². The molecule has 0 aliphatic heterocycles. The number of benzene rings is 1. The number of thiophene rings is 1. The first-order valence-corrected chi connectivity index (χ1v) is 5.16. The molecular weight excluding hydrogens is 194 g/mol. The molecule has 0 saturated heterocycles. The third-order valence-electron chi connectivity index (χ3n) is 2.36. The molecule has 0 bridgehead atoms. The van der Waals surface area contributed by atoms with Crippen LogP contribution in [0.5, 0.6) is 0 Å². The maximum Gasteiger partial charge on any atom is 0.101 e. The van der Waals surface area contributed by atoms with Gasteiger partial charge in [-0.1, -0.05) is 6.07 Å². The van der Waals surface area contributed by atoms with E-state index in [-0.39, 0.29) is 6.61 Å². The van der Waals surface area contributed by atoms with Gasteiger partial charge in [-0.05, 0) is 24.1 Å². The lowest BCUT2D eigenvalue weighted by atomic mass is 10.0. The van der Waals surface area contributed by atoms with Gasteiger partial charge in [0.15, 0.2) is 0 Å². The van der Waals surface area contributed by atoms with Crippen LogP contribution in [0.3, 0.4) is 0 Å². The minimum Gasteiger partial charge on any atom is -0.392 e. The Labute approximate surface area is 86.0 Å². The molecule has 0 saturated carbocycles. The number of nitrogens with zero attached hydrogens (tertiary/aromatic N) is 1. The maximum absolute atomic E-state index is 9.25. The lowest BCUT2D eigenvalue weighted by Gasteiger charge is -2.03. The summed E-state index contributed by atoms with van der Waals surface area (Å²) in [5.74, 6) is 0. The summed E-state index contributed by atoms with van der Waals surface area (Å²) in [5, 5.41) is 20.9. The van der Waals surface area contributed by atoms with E-state index >= 15 is 0 Å². The first-order chi connectivity index (χ1) is 6.77. The SMILES string of the molecule is Cc1ccc2scc(C#N)c2c1CO. The van der Waals surface area contributed by atoms with Crippen molar-refractivity contribution in [2.75, 3.05) is 0 Å². The summed E-state index contributed by atoms with van der Waals surface area (Å²) in [6.07, 6.45) is 0. The molecule has 0 aliphatic rings. The Morgan fingerprint density at radius 2 is 2.29 bits per heavy atom. The Morgan fingerprint density at radius 1 is 1.50 bits per heavy atom. The highest BCUT2D eigenvalue weighted by Crippen LogP contribution is 2.30. The molecule has 1 N–H and O–H groups in total. The second-order valence-corrected chi connectivity index (χ2v) is 4.06. The molecule has 0 fully saturated rings. The highest BCUT2D eigenvalue weighted by atomic mass is 32.1. The molecule has 70 valence electrons. The summed E-state index contributed by atoms with van der Waals surface area (Å²) >= 11 is 1.54. The van der Waals surface area contributed by atoms with Gasteiger partial charge in [-0.3, -0.25) is 0 Å².